The van der Waals surface area contributed by atoms with E-state index in [1.165, 1.54) is 0 Å². The van der Waals surface area contributed by atoms with Gasteiger partial charge in [0.2, 0.25) is 5.88 Å². The van der Waals surface area contributed by atoms with Gasteiger partial charge < -0.3 is 15.0 Å². The largest absolute Gasteiger partial charge is 0.471 e. The average Bonchev–Trinajstić information content (AvgIpc) is 2.94. The van der Waals surface area contributed by atoms with Crippen molar-refractivity contribution in [3.8, 4) is 5.88 Å². The predicted molar refractivity (Wildman–Crippen MR) is 75.5 cm³/mol. The molecule has 110 valence electrons. The van der Waals surface area contributed by atoms with E-state index in [9.17, 15) is 4.79 Å². The Morgan fingerprint density at radius 3 is 3.00 bits per heavy atom. The van der Waals surface area contributed by atoms with Gasteiger partial charge in [0, 0.05) is 31.3 Å². The predicted octanol–water partition coefficient (Wildman–Crippen LogP) is 1.83. The molecule has 1 saturated heterocycles. The highest BCUT2D eigenvalue weighted by Gasteiger charge is 2.28. The second-order valence-corrected chi connectivity index (χ2v) is 5.00. The molecule has 0 radical (unpaired) electrons. The second kappa shape index (κ2) is 7.07. The summed E-state index contributed by atoms with van der Waals surface area (Å²) in [6, 6.07) is 3.82. The number of amides is 2. The maximum absolute atomic E-state index is 12.1. The summed E-state index contributed by atoms with van der Waals surface area (Å²) in [5.74, 6) is 0.514. The third-order valence-corrected chi connectivity index (χ3v) is 3.58. The number of hydrogen-bond acceptors (Lipinski definition) is 4. The summed E-state index contributed by atoms with van der Waals surface area (Å²) in [5.41, 5.74) is 0. The van der Waals surface area contributed by atoms with Crippen molar-refractivity contribution in [2.45, 2.75) is 45.3 Å². The van der Waals surface area contributed by atoms with Crippen molar-refractivity contribution in [1.29, 1.82) is 0 Å². The molecular weight excluding hydrogens is 256 g/mol. The first-order chi connectivity index (χ1) is 9.72. The molecule has 1 aromatic rings. The van der Waals surface area contributed by atoms with Crippen LogP contribution >= 0.6 is 0 Å². The molecule has 0 bridgehead atoms. The van der Waals surface area contributed by atoms with Crippen molar-refractivity contribution in [3.05, 3.63) is 18.3 Å². The Balaban J connectivity index is 1.81. The Labute approximate surface area is 119 Å². The van der Waals surface area contributed by atoms with Gasteiger partial charge in [-0.2, -0.15) is 5.10 Å². The number of nitrogens with zero attached hydrogens (tertiary/aromatic N) is 3. The van der Waals surface area contributed by atoms with Gasteiger partial charge in [-0.25, -0.2) is 4.79 Å². The molecule has 6 heteroatoms. The van der Waals surface area contributed by atoms with Crippen molar-refractivity contribution in [1.82, 2.24) is 20.4 Å². The lowest BCUT2D eigenvalue weighted by Crippen LogP contribution is -2.44. The van der Waals surface area contributed by atoms with Crippen molar-refractivity contribution in [3.63, 3.8) is 0 Å². The molecule has 1 fully saturated rings. The van der Waals surface area contributed by atoms with Gasteiger partial charge in [-0.3, -0.25) is 0 Å². The van der Waals surface area contributed by atoms with Crippen LogP contribution in [0.2, 0.25) is 0 Å². The van der Waals surface area contributed by atoms with Crippen LogP contribution in [-0.2, 0) is 0 Å². The standard InChI is InChI=1S/C14H22N4O2/c1-3-11(4-2)16-14(19)18-9-7-12(10-18)20-13-6-5-8-15-17-13/h5-6,8,11-12H,3-4,7,9-10H2,1-2H3,(H,16,19). The van der Waals surface area contributed by atoms with Crippen LogP contribution < -0.4 is 10.1 Å². The second-order valence-electron chi connectivity index (χ2n) is 5.00. The van der Waals surface area contributed by atoms with E-state index in [-0.39, 0.29) is 18.2 Å². The van der Waals surface area contributed by atoms with Gasteiger partial charge in [-0.05, 0) is 18.9 Å². The molecule has 6 nitrogen and oxygen atoms in total. The monoisotopic (exact) mass is 278 g/mol. The van der Waals surface area contributed by atoms with E-state index >= 15 is 0 Å². The number of ether oxygens (including phenoxy) is 1. The van der Waals surface area contributed by atoms with E-state index in [0.29, 0.717) is 12.4 Å². The highest BCUT2D eigenvalue weighted by atomic mass is 16.5. The SMILES string of the molecule is CCC(CC)NC(=O)N1CCC(Oc2cccnn2)C1. The number of aromatic nitrogens is 2. The van der Waals surface area contributed by atoms with E-state index in [0.717, 1.165) is 25.8 Å². The third-order valence-electron chi connectivity index (χ3n) is 3.58. The molecule has 0 spiro atoms. The van der Waals surface area contributed by atoms with Crippen LogP contribution in [0, 0.1) is 0 Å². The number of hydrogen-bond donors (Lipinski definition) is 1. The number of likely N-dealkylation sites (tertiary alicyclic amines) is 1. The van der Waals surface area contributed by atoms with Gasteiger partial charge in [-0.15, -0.1) is 5.10 Å². The summed E-state index contributed by atoms with van der Waals surface area (Å²) in [5, 5.41) is 10.7. The van der Waals surface area contributed by atoms with Gasteiger partial charge in [0.05, 0.1) is 6.54 Å². The maximum Gasteiger partial charge on any atom is 0.317 e. The lowest BCUT2D eigenvalue weighted by atomic mass is 10.2. The molecule has 1 aliphatic rings. The number of carbonyl (C=O) groups is 1. The Morgan fingerprint density at radius 1 is 1.55 bits per heavy atom. The minimum atomic E-state index is -0.000784. The zero-order chi connectivity index (χ0) is 14.4. The van der Waals surface area contributed by atoms with E-state index in [1.807, 2.05) is 0 Å². The molecule has 0 aromatic carbocycles. The molecule has 0 saturated carbocycles. The summed E-state index contributed by atoms with van der Waals surface area (Å²) < 4.78 is 5.72. The first-order valence-corrected chi connectivity index (χ1v) is 7.22. The maximum atomic E-state index is 12.1. The van der Waals surface area contributed by atoms with Crippen molar-refractivity contribution >= 4 is 6.03 Å². The van der Waals surface area contributed by atoms with E-state index in [2.05, 4.69) is 29.4 Å². The third kappa shape index (κ3) is 3.82. The lowest BCUT2D eigenvalue weighted by Gasteiger charge is -2.21. The molecule has 1 aliphatic heterocycles. The van der Waals surface area contributed by atoms with Crippen LogP contribution in [0.5, 0.6) is 5.88 Å². The van der Waals surface area contributed by atoms with Crippen molar-refractivity contribution in [2.75, 3.05) is 13.1 Å². The van der Waals surface area contributed by atoms with E-state index in [1.54, 1.807) is 23.2 Å². The Hall–Kier alpha value is -1.85. The summed E-state index contributed by atoms with van der Waals surface area (Å²) >= 11 is 0. The summed E-state index contributed by atoms with van der Waals surface area (Å²) in [6.45, 7) is 5.48. The minimum absolute atomic E-state index is 0.000784. The number of nitrogens with one attached hydrogen (secondary N) is 1. The van der Waals surface area contributed by atoms with Gasteiger partial charge in [0.1, 0.15) is 6.10 Å². The van der Waals surface area contributed by atoms with Crippen LogP contribution in [0.25, 0.3) is 0 Å². The lowest BCUT2D eigenvalue weighted by molar-refractivity contribution is 0.179. The molecule has 1 atom stereocenters. The van der Waals surface area contributed by atoms with Crippen molar-refractivity contribution < 1.29 is 9.53 Å². The fraction of sp³-hybridized carbons (Fsp3) is 0.643. The zero-order valence-corrected chi connectivity index (χ0v) is 12.1. The molecule has 2 heterocycles. The Kier molecular flexibility index (Phi) is 5.15. The Bertz CT molecular complexity index is 422. The molecule has 1 N–H and O–H groups in total. The summed E-state index contributed by atoms with van der Waals surface area (Å²) in [7, 11) is 0. The van der Waals surface area contributed by atoms with E-state index in [4.69, 9.17) is 4.74 Å². The smallest absolute Gasteiger partial charge is 0.317 e. The van der Waals surface area contributed by atoms with Crippen LogP contribution in [0.4, 0.5) is 4.79 Å². The molecule has 20 heavy (non-hydrogen) atoms. The zero-order valence-electron chi connectivity index (χ0n) is 12.1. The number of rotatable bonds is 5. The molecule has 0 aliphatic carbocycles. The summed E-state index contributed by atoms with van der Waals surface area (Å²) in [4.78, 5) is 13.9. The van der Waals surface area contributed by atoms with Crippen LogP contribution in [0.1, 0.15) is 33.1 Å². The highest BCUT2D eigenvalue weighted by molar-refractivity contribution is 5.74. The van der Waals surface area contributed by atoms with Gasteiger partial charge in [0.15, 0.2) is 0 Å². The molecule has 2 rings (SSSR count). The number of carbonyl (C=O) groups excluding carboxylic acids is 1. The summed E-state index contributed by atoms with van der Waals surface area (Å²) in [6.07, 6.45) is 4.34. The molecule has 1 unspecified atom stereocenters. The highest BCUT2D eigenvalue weighted by Crippen LogP contribution is 2.16. The normalized spacial score (nSPS) is 18.4. The first kappa shape index (κ1) is 14.6. The number of urea groups is 1. The Morgan fingerprint density at radius 2 is 2.35 bits per heavy atom. The van der Waals surface area contributed by atoms with E-state index < -0.39 is 0 Å². The fourth-order valence-electron chi connectivity index (χ4n) is 2.29. The quantitative estimate of drug-likeness (QED) is 0.892. The van der Waals surface area contributed by atoms with Gasteiger partial charge in [-0.1, -0.05) is 13.8 Å². The molecular formula is C14H22N4O2. The first-order valence-electron chi connectivity index (χ1n) is 7.22. The molecule has 2 amide bonds. The topological polar surface area (TPSA) is 67.4 Å². The van der Waals surface area contributed by atoms with Gasteiger partial charge >= 0.3 is 6.03 Å². The van der Waals surface area contributed by atoms with Crippen LogP contribution in [0.3, 0.4) is 0 Å². The van der Waals surface area contributed by atoms with Crippen molar-refractivity contribution in [2.24, 2.45) is 0 Å². The van der Waals surface area contributed by atoms with Gasteiger partial charge in [0.25, 0.3) is 0 Å². The fourth-order valence-corrected chi connectivity index (χ4v) is 2.29. The average molecular weight is 278 g/mol. The van der Waals surface area contributed by atoms with Crippen LogP contribution in [-0.4, -0.2) is 46.4 Å². The minimum Gasteiger partial charge on any atom is -0.471 e. The van der Waals surface area contributed by atoms with Crippen LogP contribution in [0.15, 0.2) is 18.3 Å². The molecule has 1 aromatic heterocycles.